The summed E-state index contributed by atoms with van der Waals surface area (Å²) in [6.07, 6.45) is 19.5. The second kappa shape index (κ2) is 18.9. The highest BCUT2D eigenvalue weighted by Gasteiger charge is 2.15. The molecular weight excluding hydrogens is 364 g/mol. The maximum atomic E-state index is 11.0. The fourth-order valence-electron chi connectivity index (χ4n) is 3.90. The molecule has 0 spiro atoms. The van der Waals surface area contributed by atoms with Crippen molar-refractivity contribution in [2.75, 3.05) is 32.7 Å². The van der Waals surface area contributed by atoms with Crippen LogP contribution >= 0.6 is 0 Å². The van der Waals surface area contributed by atoms with Crippen molar-refractivity contribution < 1.29 is 10.0 Å². The molecule has 0 saturated heterocycles. The van der Waals surface area contributed by atoms with Gasteiger partial charge in [-0.05, 0) is 6.42 Å². The van der Waals surface area contributed by atoms with Crippen molar-refractivity contribution in [2.45, 2.75) is 103 Å². The van der Waals surface area contributed by atoms with Crippen LogP contribution < -0.4 is 10.8 Å². The van der Waals surface area contributed by atoms with E-state index in [1.54, 1.807) is 5.48 Å². The maximum absolute atomic E-state index is 11.0. The van der Waals surface area contributed by atoms with E-state index in [-0.39, 0.29) is 5.91 Å². The van der Waals surface area contributed by atoms with Crippen LogP contribution in [-0.4, -0.2) is 54.6 Å². The van der Waals surface area contributed by atoms with Crippen LogP contribution in [0.2, 0.25) is 0 Å². The number of carbonyl (C=O) groups is 1. The lowest BCUT2D eigenvalue weighted by Crippen LogP contribution is -2.35. The number of hydrogen-bond acceptors (Lipinski definition) is 5. The maximum Gasteiger partial charge on any atom is 0.244 e. The van der Waals surface area contributed by atoms with E-state index in [9.17, 15) is 4.79 Å². The van der Waals surface area contributed by atoms with Gasteiger partial charge in [-0.2, -0.15) is 0 Å². The van der Waals surface area contributed by atoms with E-state index in [4.69, 9.17) is 5.21 Å². The van der Waals surface area contributed by atoms with Crippen molar-refractivity contribution in [3.63, 3.8) is 0 Å². The molecule has 170 valence electrons. The number of nitrogens with one attached hydrogen (secondary N) is 2. The zero-order valence-corrected chi connectivity index (χ0v) is 18.9. The Morgan fingerprint density at radius 1 is 0.931 bits per heavy atom. The Kier molecular flexibility index (Phi) is 16.8. The molecule has 0 atom stereocenters. The Hall–Kier alpha value is -1.14. The first kappa shape index (κ1) is 25.9. The molecule has 1 aliphatic heterocycles. The first-order chi connectivity index (χ1) is 14.3. The number of nitrogens with zero attached hydrogens (tertiary/aromatic N) is 2. The van der Waals surface area contributed by atoms with Crippen molar-refractivity contribution in [1.82, 2.24) is 15.7 Å². The molecule has 0 radical (unpaired) electrons. The van der Waals surface area contributed by atoms with Crippen LogP contribution in [0.4, 0.5) is 0 Å². The van der Waals surface area contributed by atoms with E-state index >= 15 is 0 Å². The summed E-state index contributed by atoms with van der Waals surface area (Å²) in [6.45, 7) is 6.59. The molecular formula is C23H46N4O2. The van der Waals surface area contributed by atoms with E-state index in [0.717, 1.165) is 32.6 Å². The Balaban J connectivity index is 1.89. The predicted octanol–water partition coefficient (Wildman–Crippen LogP) is 4.67. The lowest BCUT2D eigenvalue weighted by atomic mass is 10.0. The number of amides is 1. The summed E-state index contributed by atoms with van der Waals surface area (Å²) in [4.78, 5) is 18.0. The molecule has 0 aromatic rings. The second-order valence-electron chi connectivity index (χ2n) is 8.31. The molecule has 0 unspecified atom stereocenters. The van der Waals surface area contributed by atoms with E-state index in [2.05, 4.69) is 22.1 Å². The molecule has 0 aromatic carbocycles. The van der Waals surface area contributed by atoms with Gasteiger partial charge in [-0.3, -0.25) is 15.0 Å². The molecule has 0 saturated carbocycles. The summed E-state index contributed by atoms with van der Waals surface area (Å²) in [5.74, 6) is 0.923. The van der Waals surface area contributed by atoms with E-state index < -0.39 is 0 Å². The molecule has 1 heterocycles. The third-order valence-electron chi connectivity index (χ3n) is 5.75. The summed E-state index contributed by atoms with van der Waals surface area (Å²) < 4.78 is 0. The smallest absolute Gasteiger partial charge is 0.244 e. The number of carbonyl (C=O) groups excluding carboxylic acids is 1. The topological polar surface area (TPSA) is 77.0 Å². The minimum Gasteiger partial charge on any atom is -0.357 e. The van der Waals surface area contributed by atoms with Gasteiger partial charge in [-0.25, -0.2) is 5.48 Å². The highest BCUT2D eigenvalue weighted by atomic mass is 16.5. The Labute approximate surface area is 178 Å². The lowest BCUT2D eigenvalue weighted by Gasteiger charge is -2.20. The molecule has 1 rings (SSSR count). The molecule has 0 aliphatic carbocycles. The standard InChI is InChI=1S/C23H46N4O2/c1-2-3-4-5-6-7-8-9-10-11-12-13-14-15-22-25-19-21-27(22)20-18-24-17-16-23(28)26-29/h24,29H,2-21H2,1H3,(H,26,28). The van der Waals surface area contributed by atoms with Crippen LogP contribution in [0, 0.1) is 0 Å². The van der Waals surface area contributed by atoms with Crippen LogP contribution in [0.15, 0.2) is 4.99 Å². The summed E-state index contributed by atoms with van der Waals surface area (Å²) in [5.41, 5.74) is 1.65. The largest absolute Gasteiger partial charge is 0.357 e. The molecule has 1 aliphatic rings. The van der Waals surface area contributed by atoms with Gasteiger partial charge in [0.25, 0.3) is 0 Å². The molecule has 6 heteroatoms. The third-order valence-corrected chi connectivity index (χ3v) is 5.75. The quantitative estimate of drug-likeness (QED) is 0.155. The van der Waals surface area contributed by atoms with Crippen LogP contribution in [-0.2, 0) is 4.79 Å². The number of amidine groups is 1. The Morgan fingerprint density at radius 2 is 1.52 bits per heavy atom. The van der Waals surface area contributed by atoms with Crippen LogP contribution in [0.25, 0.3) is 0 Å². The monoisotopic (exact) mass is 410 g/mol. The van der Waals surface area contributed by atoms with Gasteiger partial charge in [-0.1, -0.05) is 84.0 Å². The molecule has 1 amide bonds. The second-order valence-corrected chi connectivity index (χ2v) is 8.31. The zero-order chi connectivity index (χ0) is 21.0. The number of rotatable bonds is 20. The SMILES string of the molecule is CCCCCCCCCCCCCCCC1=NCCN1CCNCCC(=O)NO. The number of aliphatic imine (C=N–C) groups is 1. The predicted molar refractivity (Wildman–Crippen MR) is 122 cm³/mol. The summed E-state index contributed by atoms with van der Waals surface area (Å²) in [6, 6.07) is 0. The fraction of sp³-hybridized carbons (Fsp3) is 0.913. The van der Waals surface area contributed by atoms with Gasteiger partial charge in [-0.15, -0.1) is 0 Å². The Morgan fingerprint density at radius 3 is 2.10 bits per heavy atom. The van der Waals surface area contributed by atoms with E-state index in [0.29, 0.717) is 13.0 Å². The average molecular weight is 411 g/mol. The highest BCUT2D eigenvalue weighted by Crippen LogP contribution is 2.14. The van der Waals surface area contributed by atoms with Gasteiger partial charge in [0.1, 0.15) is 0 Å². The van der Waals surface area contributed by atoms with Crippen molar-refractivity contribution in [2.24, 2.45) is 4.99 Å². The van der Waals surface area contributed by atoms with Crippen LogP contribution in [0.1, 0.15) is 103 Å². The van der Waals surface area contributed by atoms with Crippen LogP contribution in [0.3, 0.4) is 0 Å². The molecule has 0 fully saturated rings. The van der Waals surface area contributed by atoms with Crippen molar-refractivity contribution in [3.05, 3.63) is 0 Å². The van der Waals surface area contributed by atoms with Crippen molar-refractivity contribution >= 4 is 11.7 Å². The molecule has 29 heavy (non-hydrogen) atoms. The average Bonchev–Trinajstić information content (AvgIpc) is 3.18. The van der Waals surface area contributed by atoms with Crippen molar-refractivity contribution in [3.8, 4) is 0 Å². The Bertz CT molecular complexity index is 429. The van der Waals surface area contributed by atoms with Gasteiger partial charge in [0.05, 0.1) is 12.4 Å². The van der Waals surface area contributed by atoms with Gasteiger partial charge in [0.2, 0.25) is 5.91 Å². The minimum absolute atomic E-state index is 0.302. The molecule has 3 N–H and O–H groups in total. The van der Waals surface area contributed by atoms with E-state index in [1.807, 2.05) is 0 Å². The highest BCUT2D eigenvalue weighted by molar-refractivity contribution is 5.83. The minimum atomic E-state index is -0.344. The third kappa shape index (κ3) is 14.5. The lowest BCUT2D eigenvalue weighted by molar-refractivity contribution is -0.129. The first-order valence-corrected chi connectivity index (χ1v) is 12.2. The summed E-state index contributed by atoms with van der Waals surface area (Å²) >= 11 is 0. The van der Waals surface area contributed by atoms with Crippen LogP contribution in [0.5, 0.6) is 0 Å². The molecule has 6 nitrogen and oxygen atoms in total. The molecule has 0 bridgehead atoms. The fourth-order valence-corrected chi connectivity index (χ4v) is 3.90. The van der Waals surface area contributed by atoms with Gasteiger partial charge < -0.3 is 10.2 Å². The van der Waals surface area contributed by atoms with Gasteiger partial charge >= 0.3 is 0 Å². The number of unbranched alkanes of at least 4 members (excludes halogenated alkanes) is 12. The normalized spacial score (nSPS) is 13.7. The van der Waals surface area contributed by atoms with Crippen molar-refractivity contribution in [1.29, 1.82) is 0 Å². The first-order valence-electron chi connectivity index (χ1n) is 12.2. The summed E-state index contributed by atoms with van der Waals surface area (Å²) in [5, 5.41) is 11.7. The van der Waals surface area contributed by atoms with E-state index in [1.165, 1.54) is 89.3 Å². The summed E-state index contributed by atoms with van der Waals surface area (Å²) in [7, 11) is 0. The van der Waals surface area contributed by atoms with Gasteiger partial charge in [0.15, 0.2) is 0 Å². The number of hydroxylamine groups is 1. The molecule has 0 aromatic heterocycles. The number of hydrogen-bond donors (Lipinski definition) is 3. The van der Waals surface area contributed by atoms with Gasteiger partial charge in [0, 0.05) is 39.0 Å². The zero-order valence-electron chi connectivity index (χ0n) is 18.9.